The Balaban J connectivity index is 0.00000154. The number of carbonyl (C=O) groups is 1. The van der Waals surface area contributed by atoms with Crippen LogP contribution in [0, 0.1) is 0 Å². The number of unbranched alkanes of at least 4 members (excludes halogenated alkanes) is 2. The molecule has 0 saturated carbocycles. The molecule has 1 atom stereocenters. The van der Waals surface area contributed by atoms with Crippen molar-refractivity contribution in [2.45, 2.75) is 51.5 Å². The van der Waals surface area contributed by atoms with Crippen LogP contribution in [0.15, 0.2) is 0 Å². The molecule has 0 aliphatic carbocycles. The average molecular weight is 296 g/mol. The third-order valence-electron chi connectivity index (χ3n) is 3.10. The Kier molecular flexibility index (Phi) is 8.90. The summed E-state index contributed by atoms with van der Waals surface area (Å²) in [5.74, 6) is 2.55. The van der Waals surface area contributed by atoms with Crippen molar-refractivity contribution < 1.29 is 23.5 Å². The molecule has 114 valence electrons. The smallest absolute Gasteiger partial charge is 0.322 e. The fourth-order valence-corrected chi connectivity index (χ4v) is 3.93. The highest BCUT2D eigenvalue weighted by Gasteiger charge is 2.36. The third-order valence-corrected chi connectivity index (χ3v) is 5.06. The molecule has 1 saturated heterocycles. The summed E-state index contributed by atoms with van der Waals surface area (Å²) in [4.78, 5) is 11.0. The van der Waals surface area contributed by atoms with E-state index in [1.165, 1.54) is 4.31 Å². The van der Waals surface area contributed by atoms with E-state index in [0.29, 0.717) is 19.4 Å². The van der Waals surface area contributed by atoms with E-state index in [1.54, 1.807) is 0 Å². The van der Waals surface area contributed by atoms with Gasteiger partial charge in [0.15, 0.2) is 0 Å². The van der Waals surface area contributed by atoms with Gasteiger partial charge in [-0.15, -0.1) is 0 Å². The molecular formula is C11H24N2O5S. The predicted molar refractivity (Wildman–Crippen MR) is 71.3 cm³/mol. The molecule has 0 amide bonds. The molecule has 0 spiro atoms. The minimum absolute atomic E-state index is 0.0740. The summed E-state index contributed by atoms with van der Waals surface area (Å²) in [6, 6.07) is -0.852. The first-order valence-electron chi connectivity index (χ1n) is 6.47. The molecule has 1 unspecified atom stereocenters. The number of carboxylic acid groups (broad SMARTS) is 1. The lowest BCUT2D eigenvalue weighted by Crippen LogP contribution is -2.48. The third kappa shape index (κ3) is 5.85. The molecule has 0 bridgehead atoms. The highest BCUT2D eigenvalue weighted by molar-refractivity contribution is 7.89. The Hall–Kier alpha value is -0.700. The molecule has 0 aromatic heterocycles. The molecular weight excluding hydrogens is 272 g/mol. The van der Waals surface area contributed by atoms with Crippen molar-refractivity contribution in [3.8, 4) is 0 Å². The van der Waals surface area contributed by atoms with E-state index in [-0.39, 0.29) is 5.75 Å². The topological polar surface area (TPSA) is 121 Å². The van der Waals surface area contributed by atoms with Crippen LogP contribution in [0.25, 0.3) is 0 Å². The van der Waals surface area contributed by atoms with Crippen molar-refractivity contribution in [3.63, 3.8) is 0 Å². The summed E-state index contributed by atoms with van der Waals surface area (Å²) in [5.41, 5.74) is 0. The van der Waals surface area contributed by atoms with Gasteiger partial charge >= 0.3 is 5.97 Å². The fourth-order valence-electron chi connectivity index (χ4n) is 2.14. The van der Waals surface area contributed by atoms with E-state index < -0.39 is 22.0 Å². The summed E-state index contributed by atoms with van der Waals surface area (Å²) in [7, 11) is -3.40. The molecule has 19 heavy (non-hydrogen) atoms. The number of sulfonamides is 1. The first-order chi connectivity index (χ1) is 8.99. The van der Waals surface area contributed by atoms with Gasteiger partial charge < -0.3 is 10.3 Å². The van der Waals surface area contributed by atoms with Gasteiger partial charge in [-0.1, -0.05) is 19.8 Å². The minimum Gasteiger partial charge on any atom is -0.480 e. The Morgan fingerprint density at radius 2 is 1.95 bits per heavy atom. The summed E-state index contributed by atoms with van der Waals surface area (Å²) in [6.07, 6.45) is 4.42. The van der Waals surface area contributed by atoms with E-state index in [4.69, 9.17) is 10.3 Å². The monoisotopic (exact) mass is 296 g/mol. The summed E-state index contributed by atoms with van der Waals surface area (Å²) in [6.45, 7) is 2.36. The van der Waals surface area contributed by atoms with Crippen LogP contribution in [0.1, 0.15) is 45.4 Å². The lowest BCUT2D eigenvalue weighted by Gasteiger charge is -2.31. The van der Waals surface area contributed by atoms with Gasteiger partial charge in [0, 0.05) is 6.54 Å². The van der Waals surface area contributed by atoms with Crippen LogP contribution in [-0.4, -0.2) is 47.3 Å². The van der Waals surface area contributed by atoms with Crippen molar-refractivity contribution in [3.05, 3.63) is 0 Å². The first kappa shape index (κ1) is 18.3. The molecule has 0 aromatic rings. The number of hydrogen-bond acceptors (Lipinski definition) is 5. The lowest BCUT2D eigenvalue weighted by molar-refractivity contribution is -0.142. The maximum absolute atomic E-state index is 12.0. The Morgan fingerprint density at radius 3 is 2.47 bits per heavy atom. The van der Waals surface area contributed by atoms with Gasteiger partial charge in [0.2, 0.25) is 10.0 Å². The van der Waals surface area contributed by atoms with E-state index in [1.807, 2.05) is 6.92 Å². The van der Waals surface area contributed by atoms with Crippen molar-refractivity contribution in [1.82, 2.24) is 4.31 Å². The highest BCUT2D eigenvalue weighted by Crippen LogP contribution is 2.21. The maximum atomic E-state index is 12.0. The zero-order chi connectivity index (χ0) is 14.9. The minimum atomic E-state index is -3.40. The zero-order valence-corrected chi connectivity index (χ0v) is 12.1. The molecule has 4 N–H and O–H groups in total. The van der Waals surface area contributed by atoms with E-state index in [0.717, 1.165) is 25.7 Å². The van der Waals surface area contributed by atoms with Gasteiger partial charge in [-0.2, -0.15) is 4.31 Å². The predicted octanol–water partition coefficient (Wildman–Crippen LogP) is 0.780. The van der Waals surface area contributed by atoms with Gasteiger partial charge in [-0.25, -0.2) is 14.3 Å². The molecule has 7 nitrogen and oxygen atoms in total. The zero-order valence-electron chi connectivity index (χ0n) is 11.3. The number of piperidine rings is 1. The van der Waals surface area contributed by atoms with Crippen molar-refractivity contribution in [2.75, 3.05) is 12.3 Å². The van der Waals surface area contributed by atoms with Crippen LogP contribution >= 0.6 is 0 Å². The Morgan fingerprint density at radius 1 is 1.32 bits per heavy atom. The summed E-state index contributed by atoms with van der Waals surface area (Å²) < 4.78 is 25.3. The number of nitrogens with zero attached hydrogens (tertiary/aromatic N) is 1. The summed E-state index contributed by atoms with van der Waals surface area (Å²) >= 11 is 0. The SMILES string of the molecule is CCCCCS(=O)(=O)N1CCCCC1C(=O)O.NO. The number of aliphatic carboxylic acids is 1. The first-order valence-corrected chi connectivity index (χ1v) is 8.08. The molecule has 0 aromatic carbocycles. The average Bonchev–Trinajstić information content (AvgIpc) is 2.41. The molecule has 1 aliphatic heterocycles. The van der Waals surface area contributed by atoms with Crippen LogP contribution < -0.4 is 5.90 Å². The number of rotatable bonds is 6. The van der Waals surface area contributed by atoms with E-state index in [9.17, 15) is 13.2 Å². The van der Waals surface area contributed by atoms with Crippen LogP contribution in [0.4, 0.5) is 0 Å². The second kappa shape index (κ2) is 9.24. The molecule has 8 heteroatoms. The van der Waals surface area contributed by atoms with E-state index >= 15 is 0 Å². The standard InChI is InChI=1S/C11H21NO4S.H3NO/c1-2-3-6-9-17(15,16)12-8-5-4-7-10(12)11(13)14;1-2/h10H,2-9H2,1H3,(H,13,14);2H,1H2. The van der Waals surface area contributed by atoms with Gasteiger partial charge in [0.1, 0.15) is 6.04 Å². The normalized spacial score (nSPS) is 20.5. The second-order valence-corrected chi connectivity index (χ2v) is 6.52. The molecule has 1 fully saturated rings. The van der Waals surface area contributed by atoms with Gasteiger partial charge in [0.25, 0.3) is 0 Å². The van der Waals surface area contributed by atoms with Crippen LogP contribution in [-0.2, 0) is 14.8 Å². The molecule has 1 rings (SSSR count). The van der Waals surface area contributed by atoms with Gasteiger partial charge in [-0.3, -0.25) is 4.79 Å². The van der Waals surface area contributed by atoms with Gasteiger partial charge in [-0.05, 0) is 25.7 Å². The molecule has 1 aliphatic rings. The quantitative estimate of drug-likeness (QED) is 0.492. The van der Waals surface area contributed by atoms with E-state index in [2.05, 4.69) is 5.90 Å². The maximum Gasteiger partial charge on any atom is 0.322 e. The van der Waals surface area contributed by atoms with Gasteiger partial charge in [0.05, 0.1) is 5.75 Å². The van der Waals surface area contributed by atoms with Crippen molar-refractivity contribution in [1.29, 1.82) is 0 Å². The lowest BCUT2D eigenvalue weighted by atomic mass is 10.1. The molecule has 1 heterocycles. The Labute approximate surface area is 114 Å². The van der Waals surface area contributed by atoms with Crippen LogP contribution in [0.5, 0.6) is 0 Å². The highest BCUT2D eigenvalue weighted by atomic mass is 32.2. The fraction of sp³-hybridized carbons (Fsp3) is 0.909. The van der Waals surface area contributed by atoms with Crippen LogP contribution in [0.3, 0.4) is 0 Å². The second-order valence-electron chi connectivity index (χ2n) is 4.48. The molecule has 0 radical (unpaired) electrons. The Bertz CT molecular complexity index is 358. The number of carboxylic acids is 1. The number of hydrogen-bond donors (Lipinski definition) is 3. The van der Waals surface area contributed by atoms with Crippen molar-refractivity contribution >= 4 is 16.0 Å². The van der Waals surface area contributed by atoms with Crippen molar-refractivity contribution in [2.24, 2.45) is 5.90 Å². The largest absolute Gasteiger partial charge is 0.480 e. The number of nitrogens with two attached hydrogens (primary N) is 1. The summed E-state index contributed by atoms with van der Waals surface area (Å²) in [5, 5.41) is 15.5. The van der Waals surface area contributed by atoms with Crippen LogP contribution in [0.2, 0.25) is 0 Å².